The highest BCUT2D eigenvalue weighted by Crippen LogP contribution is 2.14. The molecule has 1 aromatic rings. The Balaban J connectivity index is 0.00000264. The second-order valence-corrected chi connectivity index (χ2v) is 7.38. The number of aromatic nitrogens is 1. The van der Waals surface area contributed by atoms with Gasteiger partial charge in [0.05, 0.1) is 12.2 Å². The number of hydrogen-bond acceptors (Lipinski definition) is 5. The molecule has 0 aromatic carbocycles. The first kappa shape index (κ1) is 20.2. The summed E-state index contributed by atoms with van der Waals surface area (Å²) in [7, 11) is -3.43. The van der Waals surface area contributed by atoms with Gasteiger partial charge in [-0.3, -0.25) is 4.99 Å². The minimum absolute atomic E-state index is 0. The molecule has 0 radical (unpaired) electrons. The van der Waals surface area contributed by atoms with Gasteiger partial charge in [-0.15, -0.1) is 24.0 Å². The zero-order valence-corrected chi connectivity index (χ0v) is 16.3. The molecule has 0 amide bonds. The lowest BCUT2D eigenvalue weighted by Crippen LogP contribution is -2.43. The molecule has 1 aromatic heterocycles. The van der Waals surface area contributed by atoms with E-state index in [2.05, 4.69) is 31.2 Å². The van der Waals surface area contributed by atoms with Gasteiger partial charge in [-0.1, -0.05) is 12.1 Å². The molecule has 1 unspecified atom stereocenters. The summed E-state index contributed by atoms with van der Waals surface area (Å²) in [5.74, 6) is 0.900. The van der Waals surface area contributed by atoms with Gasteiger partial charge in [0.25, 0.3) is 0 Å². The molecule has 8 nitrogen and oxygen atoms in total. The van der Waals surface area contributed by atoms with Gasteiger partial charge in [0.15, 0.2) is 5.96 Å². The molecular formula is C13H24IN5O3S. The summed E-state index contributed by atoms with van der Waals surface area (Å²) in [5.41, 5.74) is 6.32. The minimum atomic E-state index is -3.43. The van der Waals surface area contributed by atoms with Crippen LogP contribution >= 0.6 is 24.0 Å². The first-order valence-electron chi connectivity index (χ1n) is 7.38. The maximum absolute atomic E-state index is 11.8. The highest BCUT2D eigenvalue weighted by Gasteiger charge is 2.17. The zero-order valence-electron chi connectivity index (χ0n) is 13.1. The molecule has 10 heteroatoms. The first-order valence-corrected chi connectivity index (χ1v) is 9.03. The Hall–Kier alpha value is -0.880. The number of aliphatic imine (C=N–C) groups is 1. The SMILES string of the molecule is CC1CCCN(C(N)=NCCNS(=O)(=O)Cc2ccon2)C1.I. The van der Waals surface area contributed by atoms with E-state index in [0.29, 0.717) is 24.1 Å². The third kappa shape index (κ3) is 7.04. The summed E-state index contributed by atoms with van der Waals surface area (Å²) in [6, 6.07) is 1.52. The van der Waals surface area contributed by atoms with Crippen molar-refractivity contribution >= 4 is 40.0 Å². The van der Waals surface area contributed by atoms with Crippen molar-refractivity contribution in [1.29, 1.82) is 0 Å². The van der Waals surface area contributed by atoms with E-state index in [-0.39, 0.29) is 36.3 Å². The molecule has 1 atom stereocenters. The second-order valence-electron chi connectivity index (χ2n) is 5.58. The number of nitrogens with two attached hydrogens (primary N) is 1. The van der Waals surface area contributed by atoms with Gasteiger partial charge in [0.1, 0.15) is 12.0 Å². The van der Waals surface area contributed by atoms with Crippen LogP contribution in [0.15, 0.2) is 21.8 Å². The van der Waals surface area contributed by atoms with E-state index in [1.165, 1.54) is 18.8 Å². The number of sulfonamides is 1. The molecule has 1 saturated heterocycles. The zero-order chi connectivity index (χ0) is 16.0. The molecule has 0 bridgehead atoms. The number of guanidine groups is 1. The van der Waals surface area contributed by atoms with Crippen molar-refractivity contribution in [3.63, 3.8) is 0 Å². The fraction of sp³-hybridized carbons (Fsp3) is 0.692. The quantitative estimate of drug-likeness (QED) is 0.282. The van der Waals surface area contributed by atoms with Gasteiger partial charge >= 0.3 is 0 Å². The summed E-state index contributed by atoms with van der Waals surface area (Å²) in [4.78, 5) is 6.30. The molecule has 0 spiro atoms. The number of nitrogens with zero attached hydrogens (tertiary/aromatic N) is 3. The number of halogens is 1. The second kappa shape index (κ2) is 9.42. The van der Waals surface area contributed by atoms with Gasteiger partial charge in [0, 0.05) is 25.7 Å². The van der Waals surface area contributed by atoms with E-state index >= 15 is 0 Å². The van der Waals surface area contributed by atoms with E-state index in [1.807, 2.05) is 0 Å². The highest BCUT2D eigenvalue weighted by atomic mass is 127. The molecule has 0 aliphatic carbocycles. The Morgan fingerprint density at radius 3 is 3.04 bits per heavy atom. The fourth-order valence-corrected chi connectivity index (χ4v) is 3.47. The summed E-state index contributed by atoms with van der Waals surface area (Å²) in [6.07, 6.45) is 3.67. The van der Waals surface area contributed by atoms with Crippen LogP contribution in [-0.4, -0.2) is 50.6 Å². The van der Waals surface area contributed by atoms with Crippen molar-refractivity contribution in [2.45, 2.75) is 25.5 Å². The molecule has 0 saturated carbocycles. The molecule has 1 aliphatic rings. The number of rotatable bonds is 6. The van der Waals surface area contributed by atoms with Crippen LogP contribution < -0.4 is 10.5 Å². The van der Waals surface area contributed by atoms with Gasteiger partial charge in [-0.25, -0.2) is 13.1 Å². The Labute approximate surface area is 153 Å². The Morgan fingerprint density at radius 2 is 2.39 bits per heavy atom. The summed E-state index contributed by atoms with van der Waals surface area (Å²) < 4.78 is 30.7. The smallest absolute Gasteiger partial charge is 0.217 e. The predicted octanol–water partition coefficient (Wildman–Crippen LogP) is 0.759. The number of nitrogens with one attached hydrogen (secondary N) is 1. The van der Waals surface area contributed by atoms with E-state index in [1.54, 1.807) is 0 Å². The van der Waals surface area contributed by atoms with Crippen molar-refractivity contribution in [2.75, 3.05) is 26.2 Å². The molecule has 2 rings (SSSR count). The summed E-state index contributed by atoms with van der Waals surface area (Å²) in [5, 5.41) is 3.58. The van der Waals surface area contributed by atoms with Crippen LogP contribution in [0.3, 0.4) is 0 Å². The van der Waals surface area contributed by atoms with Crippen LogP contribution in [0.5, 0.6) is 0 Å². The third-order valence-corrected chi connectivity index (χ3v) is 4.84. The lowest BCUT2D eigenvalue weighted by atomic mass is 10.0. The standard InChI is InChI=1S/C13H23N5O3S.HI/c1-11-3-2-7-18(9-11)13(14)15-5-6-16-22(19,20)10-12-4-8-21-17-12;/h4,8,11,16H,2-3,5-7,9-10H2,1H3,(H2,14,15);1H. The van der Waals surface area contributed by atoms with Gasteiger partial charge in [-0.05, 0) is 18.8 Å². The maximum atomic E-state index is 11.8. The fourth-order valence-electron chi connectivity index (χ4n) is 2.43. The average molecular weight is 457 g/mol. The third-order valence-electron chi connectivity index (χ3n) is 3.52. The predicted molar refractivity (Wildman–Crippen MR) is 99.0 cm³/mol. The van der Waals surface area contributed by atoms with Crippen molar-refractivity contribution in [2.24, 2.45) is 16.6 Å². The van der Waals surface area contributed by atoms with Crippen LogP contribution in [0.4, 0.5) is 0 Å². The molecule has 132 valence electrons. The van der Waals surface area contributed by atoms with Crippen LogP contribution in [0.25, 0.3) is 0 Å². The molecule has 3 N–H and O–H groups in total. The number of piperidine rings is 1. The van der Waals surface area contributed by atoms with Gasteiger partial charge in [0.2, 0.25) is 10.0 Å². The molecule has 2 heterocycles. The van der Waals surface area contributed by atoms with Crippen LogP contribution in [0.2, 0.25) is 0 Å². The Kier molecular flexibility index (Phi) is 8.26. The van der Waals surface area contributed by atoms with Crippen molar-refractivity contribution < 1.29 is 12.9 Å². The van der Waals surface area contributed by atoms with Crippen LogP contribution in [-0.2, 0) is 15.8 Å². The van der Waals surface area contributed by atoms with E-state index < -0.39 is 10.0 Å². The van der Waals surface area contributed by atoms with Crippen LogP contribution in [0.1, 0.15) is 25.5 Å². The van der Waals surface area contributed by atoms with Crippen LogP contribution in [0, 0.1) is 5.92 Å². The van der Waals surface area contributed by atoms with E-state index in [9.17, 15) is 8.42 Å². The highest BCUT2D eigenvalue weighted by molar-refractivity contribution is 14.0. The normalized spacial score (nSPS) is 19.4. The van der Waals surface area contributed by atoms with Gasteiger partial charge in [-0.2, -0.15) is 0 Å². The molecule has 1 fully saturated rings. The maximum Gasteiger partial charge on any atom is 0.217 e. The number of hydrogen-bond donors (Lipinski definition) is 2. The molecular weight excluding hydrogens is 433 g/mol. The van der Waals surface area contributed by atoms with E-state index in [4.69, 9.17) is 5.73 Å². The first-order chi connectivity index (χ1) is 10.5. The lowest BCUT2D eigenvalue weighted by molar-refractivity contribution is 0.270. The topological polar surface area (TPSA) is 114 Å². The largest absolute Gasteiger partial charge is 0.370 e. The minimum Gasteiger partial charge on any atom is -0.370 e. The molecule has 1 aliphatic heterocycles. The number of likely N-dealkylation sites (tertiary alicyclic amines) is 1. The Morgan fingerprint density at radius 1 is 1.61 bits per heavy atom. The van der Waals surface area contributed by atoms with Gasteiger partial charge < -0.3 is 15.2 Å². The Bertz CT molecular complexity index is 591. The van der Waals surface area contributed by atoms with Crippen molar-refractivity contribution in [1.82, 2.24) is 14.8 Å². The molecule has 23 heavy (non-hydrogen) atoms. The van der Waals surface area contributed by atoms with Crippen molar-refractivity contribution in [3.05, 3.63) is 18.0 Å². The lowest BCUT2D eigenvalue weighted by Gasteiger charge is -2.31. The monoisotopic (exact) mass is 457 g/mol. The van der Waals surface area contributed by atoms with E-state index in [0.717, 1.165) is 19.5 Å². The average Bonchev–Trinajstić information content (AvgIpc) is 2.95. The summed E-state index contributed by atoms with van der Waals surface area (Å²) in [6.45, 7) is 4.54. The van der Waals surface area contributed by atoms with Crippen molar-refractivity contribution in [3.8, 4) is 0 Å². The summed E-state index contributed by atoms with van der Waals surface area (Å²) >= 11 is 0.